The van der Waals surface area contributed by atoms with Crippen LogP contribution >= 0.6 is 11.3 Å². The molecule has 6 heteroatoms. The Balaban J connectivity index is 1.31. The number of benzene rings is 2. The first-order chi connectivity index (χ1) is 18.0. The van der Waals surface area contributed by atoms with Crippen LogP contribution < -0.4 is 11.1 Å². The van der Waals surface area contributed by atoms with Crippen LogP contribution in [0.3, 0.4) is 0 Å². The fourth-order valence-corrected chi connectivity index (χ4v) is 8.88. The molecule has 1 atom stereocenters. The number of carbonyl (C=O) groups excluding carboxylic acids is 2. The van der Waals surface area contributed by atoms with Crippen molar-refractivity contribution in [3.05, 3.63) is 71.1 Å². The number of hydrogen-bond donors (Lipinski definition) is 2. The number of fused-ring (bicyclic) bond motifs is 1. The third kappa shape index (κ3) is 5.00. The highest BCUT2D eigenvalue weighted by molar-refractivity contribution is 7.17. The van der Waals surface area contributed by atoms with Gasteiger partial charge in [0.05, 0.1) is 0 Å². The SMILES string of the molecule is NC(=O)OC(Cc1csc2ccccc12)(CC1C2CC3CC(C2)CC1C3)C(=O)NCCc1ccccc1. The van der Waals surface area contributed by atoms with Gasteiger partial charge in [0, 0.05) is 24.1 Å². The zero-order valence-corrected chi connectivity index (χ0v) is 22.1. The molecule has 4 aliphatic carbocycles. The fraction of sp³-hybridized carbons (Fsp3) is 0.484. The predicted octanol–water partition coefficient (Wildman–Crippen LogP) is 6.10. The van der Waals surface area contributed by atoms with Crippen LogP contribution in [0.5, 0.6) is 0 Å². The van der Waals surface area contributed by atoms with E-state index in [1.807, 2.05) is 30.3 Å². The van der Waals surface area contributed by atoms with Gasteiger partial charge in [-0.3, -0.25) is 4.79 Å². The molecule has 4 fully saturated rings. The number of thiophene rings is 1. The number of rotatable bonds is 9. The number of nitrogens with two attached hydrogens (primary N) is 1. The van der Waals surface area contributed by atoms with Crippen LogP contribution in [0.25, 0.3) is 10.1 Å². The smallest absolute Gasteiger partial charge is 0.405 e. The summed E-state index contributed by atoms with van der Waals surface area (Å²) in [5.41, 5.74) is 6.58. The normalized spacial score (nSPS) is 27.6. The Bertz CT molecular complexity index is 1240. The van der Waals surface area contributed by atoms with Crippen molar-refractivity contribution in [2.24, 2.45) is 35.3 Å². The second-order valence-electron chi connectivity index (χ2n) is 11.6. The van der Waals surface area contributed by atoms with Gasteiger partial charge in [0.1, 0.15) is 0 Å². The zero-order chi connectivity index (χ0) is 25.4. The van der Waals surface area contributed by atoms with Gasteiger partial charge in [0.25, 0.3) is 5.91 Å². The Morgan fingerprint density at radius 1 is 0.946 bits per heavy atom. The molecule has 2 aromatic carbocycles. The molecule has 1 aromatic heterocycles. The Morgan fingerprint density at radius 3 is 2.32 bits per heavy atom. The zero-order valence-electron chi connectivity index (χ0n) is 21.2. The van der Waals surface area contributed by atoms with E-state index >= 15 is 0 Å². The van der Waals surface area contributed by atoms with Crippen LogP contribution in [0.1, 0.15) is 49.7 Å². The minimum Gasteiger partial charge on any atom is -0.433 e. The fourth-order valence-electron chi connectivity index (χ4n) is 7.92. The van der Waals surface area contributed by atoms with E-state index in [0.29, 0.717) is 37.1 Å². The lowest BCUT2D eigenvalue weighted by molar-refractivity contribution is -0.146. The van der Waals surface area contributed by atoms with E-state index in [0.717, 1.165) is 34.8 Å². The molecule has 4 saturated carbocycles. The van der Waals surface area contributed by atoms with E-state index in [2.05, 4.69) is 35.0 Å². The first kappa shape index (κ1) is 24.5. The Morgan fingerprint density at radius 2 is 1.62 bits per heavy atom. The van der Waals surface area contributed by atoms with Crippen LogP contribution in [-0.2, 0) is 22.4 Å². The van der Waals surface area contributed by atoms with Gasteiger partial charge in [-0.2, -0.15) is 0 Å². The van der Waals surface area contributed by atoms with Crippen molar-refractivity contribution in [1.29, 1.82) is 0 Å². The first-order valence-corrected chi connectivity index (χ1v) is 14.6. The molecule has 194 valence electrons. The molecule has 1 unspecified atom stereocenters. The highest BCUT2D eigenvalue weighted by atomic mass is 32.1. The van der Waals surface area contributed by atoms with Crippen molar-refractivity contribution < 1.29 is 14.3 Å². The maximum atomic E-state index is 14.1. The van der Waals surface area contributed by atoms with Gasteiger partial charge in [-0.25, -0.2) is 4.79 Å². The van der Waals surface area contributed by atoms with Gasteiger partial charge in [-0.1, -0.05) is 48.5 Å². The van der Waals surface area contributed by atoms with E-state index in [-0.39, 0.29) is 5.91 Å². The maximum Gasteiger partial charge on any atom is 0.405 e. The van der Waals surface area contributed by atoms with Crippen molar-refractivity contribution >= 4 is 33.4 Å². The largest absolute Gasteiger partial charge is 0.433 e. The molecule has 3 N–H and O–H groups in total. The summed E-state index contributed by atoms with van der Waals surface area (Å²) < 4.78 is 7.13. The van der Waals surface area contributed by atoms with Crippen LogP contribution in [0.4, 0.5) is 4.79 Å². The topological polar surface area (TPSA) is 81.4 Å². The van der Waals surface area contributed by atoms with E-state index in [9.17, 15) is 9.59 Å². The minimum absolute atomic E-state index is 0.216. The summed E-state index contributed by atoms with van der Waals surface area (Å²) in [5, 5.41) is 6.37. The summed E-state index contributed by atoms with van der Waals surface area (Å²) in [4.78, 5) is 26.5. The lowest BCUT2D eigenvalue weighted by Crippen LogP contribution is -2.56. The molecule has 0 aliphatic heterocycles. The lowest BCUT2D eigenvalue weighted by Gasteiger charge is -2.55. The van der Waals surface area contributed by atoms with E-state index in [4.69, 9.17) is 10.5 Å². The second kappa shape index (κ2) is 10.1. The van der Waals surface area contributed by atoms with Crippen molar-refractivity contribution in [2.45, 2.75) is 57.0 Å². The molecule has 4 bridgehead atoms. The van der Waals surface area contributed by atoms with Gasteiger partial charge >= 0.3 is 6.09 Å². The van der Waals surface area contributed by atoms with Gasteiger partial charge in [-0.05, 0) is 96.1 Å². The molecule has 5 nitrogen and oxygen atoms in total. The summed E-state index contributed by atoms with van der Waals surface area (Å²) in [6, 6.07) is 18.4. The van der Waals surface area contributed by atoms with E-state index in [1.54, 1.807) is 11.3 Å². The number of primary amides is 1. The summed E-state index contributed by atoms with van der Waals surface area (Å²) in [6.45, 7) is 0.485. The third-order valence-corrected chi connectivity index (χ3v) is 10.3. The summed E-state index contributed by atoms with van der Waals surface area (Å²) in [6.07, 6.45) is 7.13. The molecule has 0 radical (unpaired) electrons. The number of nitrogens with one attached hydrogen (secondary N) is 1. The average molecular weight is 517 g/mol. The maximum absolute atomic E-state index is 14.1. The average Bonchev–Trinajstić information content (AvgIpc) is 3.28. The van der Waals surface area contributed by atoms with Crippen molar-refractivity contribution in [3.8, 4) is 0 Å². The molecule has 1 heterocycles. The quantitative estimate of drug-likeness (QED) is 0.361. The standard InChI is InChI=1S/C31H36N2O3S/c32-30(35)36-31(17-25-19-37-28-9-5-4-8-26(25)28,29(34)33-11-10-20-6-2-1-3-7-20)18-27-23-13-21-12-22(15-23)16-24(27)14-21/h1-9,19,21-24,27H,10-18H2,(H2,32,35)(H,33,34). The third-order valence-electron chi connectivity index (χ3n) is 9.28. The number of ether oxygens (including phenoxy) is 1. The molecular weight excluding hydrogens is 480 g/mol. The van der Waals surface area contributed by atoms with Crippen LogP contribution in [0.2, 0.25) is 0 Å². The Kier molecular flexibility index (Phi) is 6.70. The van der Waals surface area contributed by atoms with Crippen molar-refractivity contribution in [3.63, 3.8) is 0 Å². The molecule has 0 spiro atoms. The number of carbonyl (C=O) groups is 2. The first-order valence-electron chi connectivity index (χ1n) is 13.7. The summed E-state index contributed by atoms with van der Waals surface area (Å²) >= 11 is 1.67. The molecule has 4 aliphatic rings. The highest BCUT2D eigenvalue weighted by Gasteiger charge is 2.53. The monoisotopic (exact) mass is 516 g/mol. The van der Waals surface area contributed by atoms with Gasteiger partial charge in [-0.15, -0.1) is 11.3 Å². The second-order valence-corrected chi connectivity index (χ2v) is 12.6. The highest BCUT2D eigenvalue weighted by Crippen LogP contribution is 2.58. The lowest BCUT2D eigenvalue weighted by atomic mass is 9.50. The van der Waals surface area contributed by atoms with Gasteiger partial charge in [0.2, 0.25) is 0 Å². The molecule has 3 aromatic rings. The van der Waals surface area contributed by atoms with E-state index < -0.39 is 11.7 Å². The van der Waals surface area contributed by atoms with Crippen molar-refractivity contribution in [1.82, 2.24) is 5.32 Å². The Hall–Kier alpha value is -2.86. The van der Waals surface area contributed by atoms with Crippen LogP contribution in [0, 0.1) is 29.6 Å². The molecule has 0 saturated heterocycles. The van der Waals surface area contributed by atoms with Crippen LogP contribution in [0.15, 0.2) is 60.0 Å². The molecule has 7 rings (SSSR count). The summed E-state index contributed by atoms with van der Waals surface area (Å²) in [5.74, 6) is 3.08. The number of hydrogen-bond acceptors (Lipinski definition) is 4. The molecule has 2 amide bonds. The molecule has 37 heavy (non-hydrogen) atoms. The van der Waals surface area contributed by atoms with E-state index in [1.165, 1.54) is 36.8 Å². The van der Waals surface area contributed by atoms with Gasteiger partial charge in [0.15, 0.2) is 5.60 Å². The molecular formula is C31H36N2O3S. The predicted molar refractivity (Wildman–Crippen MR) is 147 cm³/mol. The summed E-state index contributed by atoms with van der Waals surface area (Å²) in [7, 11) is 0. The van der Waals surface area contributed by atoms with Gasteiger partial charge < -0.3 is 15.8 Å². The number of amides is 2. The minimum atomic E-state index is -1.31. The van der Waals surface area contributed by atoms with Crippen molar-refractivity contribution in [2.75, 3.05) is 6.54 Å². The Labute approximate surface area is 222 Å². The van der Waals surface area contributed by atoms with Crippen LogP contribution in [-0.4, -0.2) is 24.1 Å².